The van der Waals surface area contributed by atoms with E-state index < -0.39 is 11.9 Å². The van der Waals surface area contributed by atoms with Crippen molar-refractivity contribution in [1.29, 1.82) is 0 Å². The smallest absolute Gasteiger partial charge is 0.354 e. The van der Waals surface area contributed by atoms with Crippen LogP contribution < -0.4 is 14.5 Å². The third kappa shape index (κ3) is 2.77. The molecule has 26 heavy (non-hydrogen) atoms. The van der Waals surface area contributed by atoms with Gasteiger partial charge in [0.1, 0.15) is 12.3 Å². The number of rotatable bonds is 1. The molecule has 0 spiro atoms. The molecule has 132 valence electrons. The summed E-state index contributed by atoms with van der Waals surface area (Å²) in [5, 5.41) is 6.01. The highest BCUT2D eigenvalue weighted by molar-refractivity contribution is 6.37. The lowest BCUT2D eigenvalue weighted by molar-refractivity contribution is -0.132. The lowest BCUT2D eigenvalue weighted by Crippen LogP contribution is -2.34. The second-order valence-electron chi connectivity index (χ2n) is 5.91. The number of ether oxygens (including phenoxy) is 3. The molecule has 0 aromatic heterocycles. The van der Waals surface area contributed by atoms with Crippen molar-refractivity contribution < 1.29 is 23.8 Å². The Bertz CT molecular complexity index is 908. The summed E-state index contributed by atoms with van der Waals surface area (Å²) in [6, 6.07) is 13.7. The van der Waals surface area contributed by atoms with Crippen molar-refractivity contribution in [2.45, 2.75) is 12.5 Å². The van der Waals surface area contributed by atoms with Gasteiger partial charge in [0, 0.05) is 6.42 Å². The van der Waals surface area contributed by atoms with Gasteiger partial charge in [0.25, 0.3) is 0 Å². The zero-order chi connectivity index (χ0) is 18.1. The number of para-hydroxylation sites is 3. The van der Waals surface area contributed by atoms with Crippen LogP contribution in [0.25, 0.3) is 0 Å². The topological polar surface area (TPSA) is 77.4 Å². The number of hydrogen-bond donors (Lipinski definition) is 0. The van der Waals surface area contributed by atoms with Gasteiger partial charge in [0.2, 0.25) is 0 Å². The Morgan fingerprint density at radius 3 is 2.69 bits per heavy atom. The maximum atomic E-state index is 12.7. The van der Waals surface area contributed by atoms with Crippen LogP contribution in [-0.2, 0) is 9.53 Å². The van der Waals surface area contributed by atoms with Gasteiger partial charge in [0.05, 0.1) is 24.4 Å². The molecule has 1 unspecified atom stereocenters. The number of nitrogens with zero attached hydrogens (tertiary/aromatic N) is 2. The number of carbonyl (C=O) groups is 2. The summed E-state index contributed by atoms with van der Waals surface area (Å²) in [5.41, 5.74) is 1.21. The van der Waals surface area contributed by atoms with Crippen molar-refractivity contribution in [3.05, 3.63) is 54.1 Å². The zero-order valence-corrected chi connectivity index (χ0v) is 14.0. The number of carbonyl (C=O) groups excluding carboxylic acids is 2. The molecule has 1 atom stereocenters. The van der Waals surface area contributed by atoms with Crippen molar-refractivity contribution in [3.8, 4) is 11.5 Å². The molecular weight excluding hydrogens is 336 g/mol. The highest BCUT2D eigenvalue weighted by Crippen LogP contribution is 2.34. The van der Waals surface area contributed by atoms with E-state index in [4.69, 9.17) is 14.2 Å². The van der Waals surface area contributed by atoms with Gasteiger partial charge in [-0.25, -0.2) is 9.59 Å². The summed E-state index contributed by atoms with van der Waals surface area (Å²) in [6.45, 7) is 0.271. The Balaban J connectivity index is 1.81. The largest absolute Gasteiger partial charge is 0.487 e. The molecule has 0 N–H and O–H groups in total. The van der Waals surface area contributed by atoms with E-state index in [-0.39, 0.29) is 18.4 Å². The molecule has 7 heteroatoms. The average Bonchev–Trinajstić information content (AvgIpc) is 3.10. The van der Waals surface area contributed by atoms with E-state index in [9.17, 15) is 9.59 Å². The van der Waals surface area contributed by atoms with Gasteiger partial charge >= 0.3 is 11.9 Å². The number of anilines is 1. The van der Waals surface area contributed by atoms with Crippen LogP contribution in [0, 0.1) is 0 Å². The number of methoxy groups -OCH3 is 1. The van der Waals surface area contributed by atoms with E-state index in [2.05, 4.69) is 5.10 Å². The highest BCUT2D eigenvalue weighted by Gasteiger charge is 2.35. The van der Waals surface area contributed by atoms with Crippen molar-refractivity contribution in [2.24, 2.45) is 5.10 Å². The van der Waals surface area contributed by atoms with Gasteiger partial charge < -0.3 is 14.2 Å². The fourth-order valence-electron chi connectivity index (χ4n) is 3.02. The van der Waals surface area contributed by atoms with Gasteiger partial charge in [-0.05, 0) is 24.3 Å². The van der Waals surface area contributed by atoms with Crippen LogP contribution in [0.4, 0.5) is 5.69 Å². The molecule has 2 heterocycles. The summed E-state index contributed by atoms with van der Waals surface area (Å²) in [4.78, 5) is 24.6. The van der Waals surface area contributed by atoms with Gasteiger partial charge in [-0.3, -0.25) is 5.01 Å². The van der Waals surface area contributed by atoms with Crippen molar-refractivity contribution >= 4 is 23.3 Å². The molecule has 0 saturated heterocycles. The Labute approximate surface area is 149 Å². The van der Waals surface area contributed by atoms with Crippen LogP contribution in [0.1, 0.15) is 16.8 Å². The van der Waals surface area contributed by atoms with Crippen molar-refractivity contribution in [3.63, 3.8) is 0 Å². The summed E-state index contributed by atoms with van der Waals surface area (Å²) in [5.74, 6) is -0.189. The Morgan fingerprint density at radius 2 is 1.88 bits per heavy atom. The lowest BCUT2D eigenvalue weighted by Gasteiger charge is -2.27. The third-order valence-electron chi connectivity index (χ3n) is 4.28. The van der Waals surface area contributed by atoms with E-state index >= 15 is 0 Å². The first-order valence-electron chi connectivity index (χ1n) is 8.15. The molecule has 2 aliphatic heterocycles. The first-order chi connectivity index (χ1) is 12.7. The zero-order valence-electron chi connectivity index (χ0n) is 14.0. The van der Waals surface area contributed by atoms with Crippen LogP contribution in [0.3, 0.4) is 0 Å². The number of hydrazone groups is 1. The Hall–Kier alpha value is -3.35. The molecule has 4 rings (SSSR count). The maximum Gasteiger partial charge on any atom is 0.354 e. The first-order valence-corrected chi connectivity index (χ1v) is 8.15. The van der Waals surface area contributed by atoms with Crippen LogP contribution in [-0.4, -0.2) is 37.4 Å². The first kappa shape index (κ1) is 16.1. The number of benzene rings is 2. The standard InChI is InChI=1S/C19H16N2O5/c1-24-19(23)14-10-12-11-25-16-8-4-5-9-17(16)26-18(22)13-6-2-3-7-15(13)21(12)20-14/h2-9,12H,10-11H2,1H3. The lowest BCUT2D eigenvalue weighted by atomic mass is 10.1. The number of esters is 2. The molecule has 0 aliphatic carbocycles. The van der Waals surface area contributed by atoms with Crippen LogP contribution in [0.2, 0.25) is 0 Å². The Kier molecular flexibility index (Phi) is 4.04. The minimum Gasteiger partial charge on any atom is -0.487 e. The van der Waals surface area contributed by atoms with Crippen LogP contribution in [0.5, 0.6) is 11.5 Å². The molecule has 2 aromatic rings. The van der Waals surface area contributed by atoms with E-state index in [1.807, 2.05) is 0 Å². The Morgan fingerprint density at radius 1 is 1.15 bits per heavy atom. The highest BCUT2D eigenvalue weighted by atomic mass is 16.6. The van der Waals surface area contributed by atoms with Crippen molar-refractivity contribution in [1.82, 2.24) is 0 Å². The van der Waals surface area contributed by atoms with Gasteiger partial charge in [0.15, 0.2) is 11.5 Å². The third-order valence-corrected chi connectivity index (χ3v) is 4.28. The van der Waals surface area contributed by atoms with E-state index in [1.54, 1.807) is 53.5 Å². The van der Waals surface area contributed by atoms with E-state index in [0.29, 0.717) is 29.2 Å². The number of fused-ring (bicyclic) bond motifs is 4. The molecule has 0 radical (unpaired) electrons. The minimum atomic E-state index is -0.515. The van der Waals surface area contributed by atoms with E-state index in [0.717, 1.165) is 0 Å². The molecule has 0 amide bonds. The molecular formula is C19H16N2O5. The normalized spacial score (nSPS) is 18.5. The minimum absolute atomic E-state index is 0.246. The van der Waals surface area contributed by atoms with Crippen molar-refractivity contribution in [2.75, 3.05) is 18.7 Å². The molecule has 2 aromatic carbocycles. The second-order valence-corrected chi connectivity index (χ2v) is 5.91. The molecule has 0 bridgehead atoms. The predicted octanol–water partition coefficient (Wildman–Crippen LogP) is 2.41. The predicted molar refractivity (Wildman–Crippen MR) is 93.7 cm³/mol. The molecule has 2 aliphatic rings. The summed E-state index contributed by atoms with van der Waals surface area (Å²) < 4.78 is 16.2. The fraction of sp³-hybridized carbons (Fsp3) is 0.211. The SMILES string of the molecule is COC(=O)C1=NN2c3ccccc3C(=O)Oc3ccccc3OCC2C1. The fourth-order valence-corrected chi connectivity index (χ4v) is 3.02. The quantitative estimate of drug-likeness (QED) is 0.579. The molecule has 7 nitrogen and oxygen atoms in total. The van der Waals surface area contributed by atoms with E-state index in [1.165, 1.54) is 7.11 Å². The summed E-state index contributed by atoms with van der Waals surface area (Å²) in [6.07, 6.45) is 0.359. The second kappa shape index (κ2) is 6.51. The van der Waals surface area contributed by atoms with Gasteiger partial charge in [-0.1, -0.05) is 24.3 Å². The maximum absolute atomic E-state index is 12.7. The van der Waals surface area contributed by atoms with Crippen LogP contribution >= 0.6 is 0 Å². The monoisotopic (exact) mass is 352 g/mol. The van der Waals surface area contributed by atoms with Gasteiger partial charge in [-0.2, -0.15) is 5.10 Å². The summed E-state index contributed by atoms with van der Waals surface area (Å²) in [7, 11) is 1.31. The van der Waals surface area contributed by atoms with Gasteiger partial charge in [-0.15, -0.1) is 0 Å². The number of hydrogen-bond acceptors (Lipinski definition) is 7. The summed E-state index contributed by atoms with van der Waals surface area (Å²) >= 11 is 0. The molecule has 0 saturated carbocycles. The van der Waals surface area contributed by atoms with Crippen LogP contribution in [0.15, 0.2) is 53.6 Å². The average molecular weight is 352 g/mol. The molecule has 0 fully saturated rings.